The summed E-state index contributed by atoms with van der Waals surface area (Å²) < 4.78 is 0. The van der Waals surface area contributed by atoms with Gasteiger partial charge in [-0.15, -0.1) is 12.4 Å². The molecule has 2 heteroatoms. The van der Waals surface area contributed by atoms with Crippen LogP contribution in [0.25, 0.3) is 0 Å². The average Bonchev–Trinajstić information content (AvgIpc) is 1.86. The minimum Gasteiger partial charge on any atom is -0.328 e. The molecule has 0 aromatic rings. The van der Waals surface area contributed by atoms with Gasteiger partial charge >= 0.3 is 0 Å². The molecule has 0 spiro atoms. The molecular weight excluding hydrogens is 170 g/mol. The Morgan fingerprint density at radius 1 is 1.25 bits per heavy atom. The number of rotatable bonds is 1. The lowest BCUT2D eigenvalue weighted by atomic mass is 9.71. The van der Waals surface area contributed by atoms with Gasteiger partial charge in [0.15, 0.2) is 0 Å². The van der Waals surface area contributed by atoms with E-state index in [0.29, 0.717) is 11.5 Å². The zero-order valence-electron chi connectivity index (χ0n) is 8.47. The standard InChI is InChI=1S/C10H21N.ClH/c1-8(11)9-4-6-10(2,3)7-5-9;/h8-9H,4-7,11H2,1-3H3;1H/t8-;/m0./s1. The predicted molar refractivity (Wildman–Crippen MR) is 56.6 cm³/mol. The van der Waals surface area contributed by atoms with Gasteiger partial charge in [0.1, 0.15) is 0 Å². The summed E-state index contributed by atoms with van der Waals surface area (Å²) in [6.45, 7) is 6.87. The van der Waals surface area contributed by atoms with Crippen LogP contribution >= 0.6 is 12.4 Å². The fourth-order valence-electron chi connectivity index (χ4n) is 1.95. The third-order valence-corrected chi connectivity index (χ3v) is 3.13. The molecule has 1 aliphatic rings. The second-order valence-electron chi connectivity index (χ2n) is 4.86. The summed E-state index contributed by atoms with van der Waals surface area (Å²) in [6, 6.07) is 0.408. The Bertz CT molecular complexity index is 122. The van der Waals surface area contributed by atoms with Crippen molar-refractivity contribution in [2.45, 2.75) is 52.5 Å². The Morgan fingerprint density at radius 2 is 1.67 bits per heavy atom. The lowest BCUT2D eigenvalue weighted by Gasteiger charge is -2.35. The monoisotopic (exact) mass is 191 g/mol. The third kappa shape index (κ3) is 3.32. The van der Waals surface area contributed by atoms with E-state index < -0.39 is 0 Å². The quantitative estimate of drug-likeness (QED) is 0.678. The number of nitrogens with two attached hydrogens (primary N) is 1. The molecule has 0 unspecified atom stereocenters. The van der Waals surface area contributed by atoms with E-state index in [2.05, 4.69) is 20.8 Å². The van der Waals surface area contributed by atoms with Crippen LogP contribution in [0.2, 0.25) is 0 Å². The molecule has 1 saturated carbocycles. The highest BCUT2D eigenvalue weighted by Gasteiger charge is 2.28. The first-order chi connectivity index (χ1) is 5.01. The Balaban J connectivity index is 0.00000121. The molecule has 0 saturated heterocycles. The molecular formula is C10H22ClN. The van der Waals surface area contributed by atoms with Gasteiger partial charge in [0.25, 0.3) is 0 Å². The maximum atomic E-state index is 5.86. The van der Waals surface area contributed by atoms with E-state index in [1.54, 1.807) is 0 Å². The second-order valence-corrected chi connectivity index (χ2v) is 4.86. The highest BCUT2D eigenvalue weighted by molar-refractivity contribution is 5.85. The molecule has 1 fully saturated rings. The van der Waals surface area contributed by atoms with Crippen LogP contribution in [0.3, 0.4) is 0 Å². The van der Waals surface area contributed by atoms with E-state index >= 15 is 0 Å². The van der Waals surface area contributed by atoms with Gasteiger partial charge in [-0.25, -0.2) is 0 Å². The molecule has 1 aliphatic carbocycles. The minimum atomic E-state index is 0. The Labute approximate surface area is 82.5 Å². The van der Waals surface area contributed by atoms with Crippen LogP contribution in [0, 0.1) is 11.3 Å². The van der Waals surface area contributed by atoms with Gasteiger partial charge in [0.05, 0.1) is 0 Å². The Morgan fingerprint density at radius 3 is 2.00 bits per heavy atom. The summed E-state index contributed by atoms with van der Waals surface area (Å²) in [5, 5.41) is 0. The van der Waals surface area contributed by atoms with Crippen molar-refractivity contribution >= 4 is 12.4 Å². The van der Waals surface area contributed by atoms with Gasteiger partial charge in [-0.05, 0) is 43.9 Å². The van der Waals surface area contributed by atoms with Crippen molar-refractivity contribution in [3.8, 4) is 0 Å². The van der Waals surface area contributed by atoms with Crippen molar-refractivity contribution < 1.29 is 0 Å². The van der Waals surface area contributed by atoms with E-state index in [4.69, 9.17) is 5.73 Å². The van der Waals surface area contributed by atoms with E-state index in [1.165, 1.54) is 25.7 Å². The normalized spacial score (nSPS) is 26.0. The van der Waals surface area contributed by atoms with Gasteiger partial charge in [0.2, 0.25) is 0 Å². The summed E-state index contributed by atoms with van der Waals surface area (Å²) >= 11 is 0. The van der Waals surface area contributed by atoms with Crippen LogP contribution < -0.4 is 5.73 Å². The molecule has 0 radical (unpaired) electrons. The molecule has 1 rings (SSSR count). The number of halogens is 1. The molecule has 1 atom stereocenters. The highest BCUT2D eigenvalue weighted by Crippen LogP contribution is 2.38. The maximum Gasteiger partial charge on any atom is 0.00387 e. The molecule has 12 heavy (non-hydrogen) atoms. The molecule has 74 valence electrons. The molecule has 0 bridgehead atoms. The molecule has 0 aromatic carbocycles. The zero-order chi connectivity index (χ0) is 8.48. The number of hydrogen-bond acceptors (Lipinski definition) is 1. The molecule has 0 heterocycles. The fraction of sp³-hybridized carbons (Fsp3) is 1.00. The molecule has 1 nitrogen and oxygen atoms in total. The summed E-state index contributed by atoms with van der Waals surface area (Å²) in [5.41, 5.74) is 6.44. The lowest BCUT2D eigenvalue weighted by molar-refractivity contribution is 0.177. The summed E-state index contributed by atoms with van der Waals surface area (Å²) in [4.78, 5) is 0. The summed E-state index contributed by atoms with van der Waals surface area (Å²) in [6.07, 6.45) is 5.40. The zero-order valence-corrected chi connectivity index (χ0v) is 9.29. The largest absolute Gasteiger partial charge is 0.328 e. The van der Waals surface area contributed by atoms with Crippen LogP contribution in [0.5, 0.6) is 0 Å². The Hall–Kier alpha value is 0.250. The van der Waals surface area contributed by atoms with Crippen LogP contribution in [0.4, 0.5) is 0 Å². The van der Waals surface area contributed by atoms with E-state index in [1.807, 2.05) is 0 Å². The van der Waals surface area contributed by atoms with Crippen LogP contribution in [-0.4, -0.2) is 6.04 Å². The van der Waals surface area contributed by atoms with Gasteiger partial charge in [-0.3, -0.25) is 0 Å². The smallest absolute Gasteiger partial charge is 0.00387 e. The molecule has 0 aromatic heterocycles. The maximum absolute atomic E-state index is 5.86. The lowest BCUT2D eigenvalue weighted by Crippen LogP contribution is -2.32. The first-order valence-electron chi connectivity index (χ1n) is 4.77. The van der Waals surface area contributed by atoms with Gasteiger partial charge in [-0.2, -0.15) is 0 Å². The molecule has 2 N–H and O–H groups in total. The predicted octanol–water partition coefficient (Wildman–Crippen LogP) is 2.97. The summed E-state index contributed by atoms with van der Waals surface area (Å²) in [7, 11) is 0. The number of hydrogen-bond donors (Lipinski definition) is 1. The molecule has 0 amide bonds. The van der Waals surface area contributed by atoms with Crippen molar-refractivity contribution in [2.75, 3.05) is 0 Å². The van der Waals surface area contributed by atoms with Crippen LogP contribution in [0.15, 0.2) is 0 Å². The first-order valence-corrected chi connectivity index (χ1v) is 4.77. The average molecular weight is 192 g/mol. The van der Waals surface area contributed by atoms with E-state index in [0.717, 1.165) is 5.92 Å². The highest BCUT2D eigenvalue weighted by atomic mass is 35.5. The van der Waals surface area contributed by atoms with Crippen LogP contribution in [-0.2, 0) is 0 Å². The minimum absolute atomic E-state index is 0. The topological polar surface area (TPSA) is 26.0 Å². The van der Waals surface area contributed by atoms with Gasteiger partial charge < -0.3 is 5.73 Å². The second kappa shape index (κ2) is 4.48. The van der Waals surface area contributed by atoms with Gasteiger partial charge in [-0.1, -0.05) is 13.8 Å². The van der Waals surface area contributed by atoms with Crippen molar-refractivity contribution in [1.82, 2.24) is 0 Å². The van der Waals surface area contributed by atoms with Crippen molar-refractivity contribution in [3.05, 3.63) is 0 Å². The van der Waals surface area contributed by atoms with Crippen LogP contribution in [0.1, 0.15) is 46.5 Å². The SMILES string of the molecule is C[C@H](N)C1CCC(C)(C)CC1.Cl. The van der Waals surface area contributed by atoms with Crippen molar-refractivity contribution in [3.63, 3.8) is 0 Å². The fourth-order valence-corrected chi connectivity index (χ4v) is 1.95. The van der Waals surface area contributed by atoms with Gasteiger partial charge in [0, 0.05) is 6.04 Å². The molecule has 0 aliphatic heterocycles. The third-order valence-electron chi connectivity index (χ3n) is 3.13. The summed E-state index contributed by atoms with van der Waals surface area (Å²) in [5.74, 6) is 0.794. The van der Waals surface area contributed by atoms with Crippen molar-refractivity contribution in [2.24, 2.45) is 17.1 Å². The Kier molecular flexibility index (Phi) is 4.57. The van der Waals surface area contributed by atoms with E-state index in [9.17, 15) is 0 Å². The first kappa shape index (κ1) is 12.2. The van der Waals surface area contributed by atoms with Crippen molar-refractivity contribution in [1.29, 1.82) is 0 Å². The van der Waals surface area contributed by atoms with E-state index in [-0.39, 0.29) is 12.4 Å².